The van der Waals surface area contributed by atoms with Gasteiger partial charge in [-0.3, -0.25) is 9.59 Å². The van der Waals surface area contributed by atoms with E-state index >= 15 is 0 Å². The fourth-order valence-corrected chi connectivity index (χ4v) is 3.59. The molecule has 0 radical (unpaired) electrons. The number of thioether (sulfide) groups is 1. The second-order valence-electron chi connectivity index (χ2n) is 5.23. The summed E-state index contributed by atoms with van der Waals surface area (Å²) in [6.45, 7) is 1.66. The minimum Gasteiger partial charge on any atom is -0.493 e. The zero-order chi connectivity index (χ0) is 20.8. The number of carbonyl (C=O) groups is 3. The van der Waals surface area contributed by atoms with Crippen LogP contribution in [0.15, 0.2) is 17.0 Å². The lowest BCUT2D eigenvalue weighted by Crippen LogP contribution is -2.44. The van der Waals surface area contributed by atoms with Crippen LogP contribution in [0.1, 0.15) is 22.8 Å². The summed E-state index contributed by atoms with van der Waals surface area (Å²) in [6.07, 6.45) is 1.40. The molecule has 0 aliphatic carbocycles. The van der Waals surface area contributed by atoms with Crippen molar-refractivity contribution in [2.45, 2.75) is 6.92 Å². The Kier molecular flexibility index (Phi) is 7.38. The van der Waals surface area contributed by atoms with Crippen molar-refractivity contribution >= 4 is 52.2 Å². The van der Waals surface area contributed by atoms with Gasteiger partial charge in [-0.2, -0.15) is 0 Å². The third-order valence-electron chi connectivity index (χ3n) is 3.56. The van der Waals surface area contributed by atoms with Gasteiger partial charge in [0, 0.05) is 0 Å². The van der Waals surface area contributed by atoms with Crippen LogP contribution in [0.25, 0.3) is 6.08 Å². The molecule has 2 rings (SSSR count). The normalized spacial score (nSPS) is 15.1. The fraction of sp³-hybridized carbons (Fsp3) is 0.294. The van der Waals surface area contributed by atoms with Gasteiger partial charge in [-0.1, -0.05) is 30.0 Å². The molecule has 1 amide bonds. The number of carbonyl (C=O) groups excluding carboxylic acids is 2. The molecule has 1 aromatic rings. The van der Waals surface area contributed by atoms with E-state index in [4.69, 9.17) is 26.4 Å². The summed E-state index contributed by atoms with van der Waals surface area (Å²) in [5.74, 6) is -1.99. The molecule has 28 heavy (non-hydrogen) atoms. The van der Waals surface area contributed by atoms with Gasteiger partial charge in [0.1, 0.15) is 12.1 Å². The van der Waals surface area contributed by atoms with Gasteiger partial charge in [-0.05, 0) is 24.6 Å². The number of carboxylic acid groups (broad SMARTS) is 1. The highest BCUT2D eigenvalue weighted by molar-refractivity contribution is 8.26. The first-order valence-electron chi connectivity index (χ1n) is 7.99. The smallest absolute Gasteiger partial charge is 0.340 e. The number of nitrogens with zero attached hydrogens (tertiary/aromatic N) is 1. The molecule has 1 heterocycles. The van der Waals surface area contributed by atoms with Crippen LogP contribution in [0, 0.1) is 0 Å². The van der Waals surface area contributed by atoms with Gasteiger partial charge in [0.2, 0.25) is 0 Å². The second kappa shape index (κ2) is 9.53. The quantitative estimate of drug-likeness (QED) is 0.361. The van der Waals surface area contributed by atoms with E-state index in [-0.39, 0.29) is 45.0 Å². The Morgan fingerprint density at radius 3 is 2.61 bits per heavy atom. The van der Waals surface area contributed by atoms with Gasteiger partial charge in [0.05, 0.1) is 25.7 Å². The van der Waals surface area contributed by atoms with E-state index in [1.165, 1.54) is 32.4 Å². The number of hydrogen-bond donors (Lipinski definition) is 2. The van der Waals surface area contributed by atoms with Crippen LogP contribution in [0.2, 0.25) is 0 Å². The van der Waals surface area contributed by atoms with Crippen molar-refractivity contribution in [3.05, 3.63) is 28.2 Å². The average molecular weight is 426 g/mol. The first kappa shape index (κ1) is 21.7. The van der Waals surface area contributed by atoms with Gasteiger partial charge in [-0.25, -0.2) is 15.2 Å². The lowest BCUT2D eigenvalue weighted by atomic mass is 10.0. The first-order valence-corrected chi connectivity index (χ1v) is 9.21. The summed E-state index contributed by atoms with van der Waals surface area (Å²) in [5, 5.41) is 10.6. The highest BCUT2D eigenvalue weighted by Crippen LogP contribution is 2.37. The van der Waals surface area contributed by atoms with Crippen LogP contribution in [-0.2, 0) is 14.3 Å². The monoisotopic (exact) mass is 426 g/mol. The van der Waals surface area contributed by atoms with E-state index in [0.717, 1.165) is 16.8 Å². The predicted molar refractivity (Wildman–Crippen MR) is 106 cm³/mol. The van der Waals surface area contributed by atoms with Gasteiger partial charge in [-0.15, -0.1) is 0 Å². The van der Waals surface area contributed by atoms with Crippen molar-refractivity contribution < 1.29 is 33.7 Å². The van der Waals surface area contributed by atoms with Crippen LogP contribution in [0.3, 0.4) is 0 Å². The molecular weight excluding hydrogens is 408 g/mol. The number of hydrazine groups is 1. The number of hydrogen-bond acceptors (Lipinski definition) is 9. The molecule has 1 aliphatic rings. The van der Waals surface area contributed by atoms with E-state index in [2.05, 4.69) is 5.43 Å². The molecular formula is C17H18N2O7S2. The minimum absolute atomic E-state index is 0.0414. The topological polar surface area (TPSA) is 114 Å². The lowest BCUT2D eigenvalue weighted by molar-refractivity contribution is -0.143. The number of aromatic carboxylic acids is 1. The highest BCUT2D eigenvalue weighted by Gasteiger charge is 2.33. The zero-order valence-corrected chi connectivity index (χ0v) is 16.9. The van der Waals surface area contributed by atoms with Crippen molar-refractivity contribution in [2.75, 3.05) is 27.4 Å². The molecule has 0 bridgehead atoms. The van der Waals surface area contributed by atoms with E-state index in [9.17, 15) is 19.5 Å². The van der Waals surface area contributed by atoms with E-state index < -0.39 is 17.8 Å². The minimum atomic E-state index is -1.24. The third kappa shape index (κ3) is 4.61. The standard InChI is InChI=1S/C17H18N2O7S2/c1-4-26-12(20)8-18-19-15(21)11(28-17(19)27)7-9-5-6-10(24-2)14(25-3)13(9)16(22)23/h5-7,18H,4,8H2,1-3H3,(H,22,23)/b11-7+. The SMILES string of the molecule is CCOC(=O)CNN1C(=O)/C(=C\c2ccc(OC)c(OC)c2C(=O)O)SC1=S. The van der Waals surface area contributed by atoms with E-state index in [0.29, 0.717) is 0 Å². The molecule has 11 heteroatoms. The Bertz CT molecular complexity index is 854. The Labute approximate surface area is 170 Å². The molecule has 9 nitrogen and oxygen atoms in total. The van der Waals surface area contributed by atoms with Gasteiger partial charge in [0.25, 0.3) is 5.91 Å². The summed E-state index contributed by atoms with van der Waals surface area (Å²) in [7, 11) is 2.72. The number of methoxy groups -OCH3 is 2. The van der Waals surface area contributed by atoms with E-state index in [1.54, 1.807) is 6.92 Å². The summed E-state index contributed by atoms with van der Waals surface area (Å²) >= 11 is 6.13. The number of carboxylic acids is 1. The molecule has 0 unspecified atom stereocenters. The maximum absolute atomic E-state index is 12.6. The molecule has 0 aromatic heterocycles. The molecule has 2 N–H and O–H groups in total. The van der Waals surface area contributed by atoms with E-state index in [1.807, 2.05) is 0 Å². The summed E-state index contributed by atoms with van der Waals surface area (Å²) in [4.78, 5) is 36.0. The number of rotatable bonds is 8. The van der Waals surface area contributed by atoms with Crippen LogP contribution >= 0.6 is 24.0 Å². The number of thiocarbonyl (C=S) groups is 1. The zero-order valence-electron chi connectivity index (χ0n) is 15.3. The van der Waals surface area contributed by atoms with Crippen molar-refractivity contribution in [3.8, 4) is 11.5 Å². The Morgan fingerprint density at radius 1 is 1.32 bits per heavy atom. The highest BCUT2D eigenvalue weighted by atomic mass is 32.2. The number of benzene rings is 1. The Morgan fingerprint density at radius 2 is 2.04 bits per heavy atom. The molecule has 1 fully saturated rings. The second-order valence-corrected chi connectivity index (χ2v) is 6.90. The van der Waals surface area contributed by atoms with Gasteiger partial charge >= 0.3 is 11.9 Å². The van der Waals surface area contributed by atoms with Crippen LogP contribution in [0.4, 0.5) is 0 Å². The predicted octanol–water partition coefficient (Wildman–Crippen LogP) is 1.67. The van der Waals surface area contributed by atoms with Crippen LogP contribution in [-0.4, -0.2) is 59.7 Å². The molecule has 1 aliphatic heterocycles. The average Bonchev–Trinajstić information content (AvgIpc) is 2.92. The number of esters is 1. The lowest BCUT2D eigenvalue weighted by Gasteiger charge is -2.15. The summed E-state index contributed by atoms with van der Waals surface area (Å²) in [6, 6.07) is 3.04. The summed E-state index contributed by atoms with van der Waals surface area (Å²) < 4.78 is 15.2. The van der Waals surface area contributed by atoms with Crippen molar-refractivity contribution in [1.29, 1.82) is 0 Å². The molecule has 0 atom stereocenters. The van der Waals surface area contributed by atoms with Crippen molar-refractivity contribution in [3.63, 3.8) is 0 Å². The van der Waals surface area contributed by atoms with Crippen LogP contribution in [0.5, 0.6) is 11.5 Å². The van der Waals surface area contributed by atoms with Crippen molar-refractivity contribution in [1.82, 2.24) is 10.4 Å². The molecule has 1 saturated heterocycles. The molecule has 0 spiro atoms. The number of nitrogens with one attached hydrogen (secondary N) is 1. The molecule has 1 aromatic carbocycles. The third-order valence-corrected chi connectivity index (χ3v) is 4.86. The van der Waals surface area contributed by atoms with Crippen LogP contribution < -0.4 is 14.9 Å². The number of amides is 1. The van der Waals surface area contributed by atoms with Gasteiger partial charge in [0.15, 0.2) is 15.8 Å². The fourth-order valence-electron chi connectivity index (χ4n) is 2.38. The van der Waals surface area contributed by atoms with Gasteiger partial charge < -0.3 is 19.3 Å². The molecule has 0 saturated carbocycles. The summed E-state index contributed by atoms with van der Waals surface area (Å²) in [5.41, 5.74) is 2.70. The molecule has 150 valence electrons. The number of ether oxygens (including phenoxy) is 3. The largest absolute Gasteiger partial charge is 0.493 e. The Hall–Kier alpha value is -2.63. The van der Waals surface area contributed by atoms with Crippen molar-refractivity contribution in [2.24, 2.45) is 0 Å². The first-order chi connectivity index (χ1) is 13.3. The maximum atomic E-state index is 12.6. The maximum Gasteiger partial charge on any atom is 0.340 e. The Balaban J connectivity index is 2.33.